The van der Waals surface area contributed by atoms with Crippen LogP contribution in [0, 0.1) is 0 Å². The fourth-order valence-corrected chi connectivity index (χ4v) is 2.02. The molecule has 4 nitrogen and oxygen atoms in total. The quantitative estimate of drug-likeness (QED) is 0.751. The van der Waals surface area contributed by atoms with Crippen LogP contribution in [0.2, 0.25) is 0 Å². The molecule has 0 saturated carbocycles. The van der Waals surface area contributed by atoms with Crippen molar-refractivity contribution >= 4 is 5.57 Å². The van der Waals surface area contributed by atoms with Crippen LogP contribution in [0.5, 0.6) is 23.0 Å². The molecule has 0 amide bonds. The summed E-state index contributed by atoms with van der Waals surface area (Å²) >= 11 is 0. The molecule has 0 spiro atoms. The molecule has 0 aliphatic rings. The van der Waals surface area contributed by atoms with Gasteiger partial charge in [0, 0.05) is 0 Å². The predicted octanol–water partition coefficient (Wildman–Crippen LogP) is 4.15. The molecule has 116 valence electrons. The molecule has 0 N–H and O–H groups in total. The number of ether oxygens (including phenoxy) is 4. The highest BCUT2D eigenvalue weighted by Crippen LogP contribution is 2.31. The van der Waals surface area contributed by atoms with Crippen LogP contribution < -0.4 is 18.9 Å². The topological polar surface area (TPSA) is 36.9 Å². The van der Waals surface area contributed by atoms with E-state index in [1.807, 2.05) is 49.4 Å². The minimum absolute atomic E-state index is 0.671. The Morgan fingerprint density at radius 1 is 0.773 bits per heavy atom. The summed E-state index contributed by atoms with van der Waals surface area (Å²) in [6.45, 7) is 1.97. The lowest BCUT2D eigenvalue weighted by Gasteiger charge is -2.11. The second-order valence-electron chi connectivity index (χ2n) is 4.64. The van der Waals surface area contributed by atoms with Crippen molar-refractivity contribution in [2.24, 2.45) is 0 Å². The van der Waals surface area contributed by atoms with Crippen LogP contribution in [0.1, 0.15) is 12.5 Å². The largest absolute Gasteiger partial charge is 0.493 e. The van der Waals surface area contributed by atoms with Gasteiger partial charge in [-0.3, -0.25) is 0 Å². The molecule has 2 rings (SSSR count). The first-order valence-corrected chi connectivity index (χ1v) is 6.88. The van der Waals surface area contributed by atoms with Crippen LogP contribution in [-0.4, -0.2) is 21.3 Å². The van der Waals surface area contributed by atoms with E-state index in [0.717, 1.165) is 11.1 Å². The van der Waals surface area contributed by atoms with E-state index in [9.17, 15) is 0 Å². The van der Waals surface area contributed by atoms with E-state index < -0.39 is 0 Å². The number of allylic oxidation sites excluding steroid dienone is 1. The molecule has 0 heterocycles. The van der Waals surface area contributed by atoms with Crippen molar-refractivity contribution in [2.45, 2.75) is 6.92 Å². The summed E-state index contributed by atoms with van der Waals surface area (Å²) in [6.07, 6.45) is 1.69. The van der Waals surface area contributed by atoms with Gasteiger partial charge in [0.1, 0.15) is 0 Å². The van der Waals surface area contributed by atoms with E-state index in [1.54, 1.807) is 27.6 Å². The van der Waals surface area contributed by atoms with E-state index in [1.165, 1.54) is 0 Å². The SMILES string of the molecule is COc1ccc(C(C)=COc2ccccc2OC)cc1OC. The van der Waals surface area contributed by atoms with E-state index in [4.69, 9.17) is 18.9 Å². The molecule has 2 aromatic rings. The zero-order chi connectivity index (χ0) is 15.9. The second-order valence-corrected chi connectivity index (χ2v) is 4.64. The lowest BCUT2D eigenvalue weighted by molar-refractivity contribution is 0.355. The monoisotopic (exact) mass is 300 g/mol. The van der Waals surface area contributed by atoms with Gasteiger partial charge in [-0.1, -0.05) is 18.2 Å². The average molecular weight is 300 g/mol. The van der Waals surface area contributed by atoms with Gasteiger partial charge in [-0.2, -0.15) is 0 Å². The molecule has 0 atom stereocenters. The Hall–Kier alpha value is -2.62. The lowest BCUT2D eigenvalue weighted by atomic mass is 10.1. The Kier molecular flexibility index (Phi) is 5.31. The van der Waals surface area contributed by atoms with Crippen molar-refractivity contribution in [3.8, 4) is 23.0 Å². The van der Waals surface area contributed by atoms with Gasteiger partial charge >= 0.3 is 0 Å². The zero-order valence-corrected chi connectivity index (χ0v) is 13.3. The van der Waals surface area contributed by atoms with Gasteiger partial charge in [0.25, 0.3) is 0 Å². The van der Waals surface area contributed by atoms with E-state index in [2.05, 4.69) is 0 Å². The third-order valence-electron chi connectivity index (χ3n) is 3.27. The first-order chi connectivity index (χ1) is 10.7. The summed E-state index contributed by atoms with van der Waals surface area (Å²) < 4.78 is 21.5. The van der Waals surface area contributed by atoms with E-state index >= 15 is 0 Å². The fraction of sp³-hybridized carbons (Fsp3) is 0.222. The Morgan fingerprint density at radius 2 is 1.36 bits per heavy atom. The number of hydrogen-bond donors (Lipinski definition) is 0. The minimum atomic E-state index is 0.671. The number of hydrogen-bond acceptors (Lipinski definition) is 4. The summed E-state index contributed by atoms with van der Waals surface area (Å²) in [6, 6.07) is 13.3. The molecule has 0 bridgehead atoms. The number of methoxy groups -OCH3 is 3. The first-order valence-electron chi connectivity index (χ1n) is 6.88. The van der Waals surface area contributed by atoms with Crippen molar-refractivity contribution < 1.29 is 18.9 Å². The summed E-state index contributed by atoms with van der Waals surface area (Å²) in [5.41, 5.74) is 1.96. The molecule has 2 aromatic carbocycles. The third kappa shape index (κ3) is 3.52. The van der Waals surface area contributed by atoms with Crippen molar-refractivity contribution in [2.75, 3.05) is 21.3 Å². The summed E-state index contributed by atoms with van der Waals surface area (Å²) in [7, 11) is 4.85. The minimum Gasteiger partial charge on any atom is -0.493 e. The molecule has 0 aliphatic carbocycles. The number of rotatable bonds is 6. The normalized spacial score (nSPS) is 11.0. The molecule has 22 heavy (non-hydrogen) atoms. The maximum Gasteiger partial charge on any atom is 0.168 e. The maximum absolute atomic E-state index is 5.72. The third-order valence-corrected chi connectivity index (χ3v) is 3.27. The molecular weight excluding hydrogens is 280 g/mol. The predicted molar refractivity (Wildman–Crippen MR) is 86.8 cm³/mol. The van der Waals surface area contributed by atoms with Crippen molar-refractivity contribution in [3.63, 3.8) is 0 Å². The Labute approximate surface area is 130 Å². The molecule has 0 aliphatic heterocycles. The molecule has 0 unspecified atom stereocenters. The van der Waals surface area contributed by atoms with Crippen LogP contribution in [0.15, 0.2) is 48.7 Å². The van der Waals surface area contributed by atoms with Crippen molar-refractivity contribution in [3.05, 3.63) is 54.3 Å². The average Bonchev–Trinajstić information content (AvgIpc) is 2.59. The van der Waals surface area contributed by atoms with Crippen LogP contribution in [0.4, 0.5) is 0 Å². The standard InChI is InChI=1S/C18H20O4/c1-13(12-22-17-8-6-5-7-15(17)19-2)14-9-10-16(20-3)18(11-14)21-4/h5-12H,1-4H3. The Bertz CT molecular complexity index is 662. The molecule has 0 fully saturated rings. The summed E-state index contributed by atoms with van der Waals surface area (Å²) in [4.78, 5) is 0. The zero-order valence-electron chi connectivity index (χ0n) is 13.3. The highest BCUT2D eigenvalue weighted by atomic mass is 16.5. The number of para-hydroxylation sites is 2. The van der Waals surface area contributed by atoms with E-state index in [0.29, 0.717) is 23.0 Å². The van der Waals surface area contributed by atoms with Gasteiger partial charge in [-0.05, 0) is 42.3 Å². The van der Waals surface area contributed by atoms with Gasteiger partial charge in [0.2, 0.25) is 0 Å². The van der Waals surface area contributed by atoms with Crippen LogP contribution >= 0.6 is 0 Å². The highest BCUT2D eigenvalue weighted by molar-refractivity contribution is 5.66. The fourth-order valence-electron chi connectivity index (χ4n) is 2.02. The van der Waals surface area contributed by atoms with Crippen molar-refractivity contribution in [1.82, 2.24) is 0 Å². The van der Waals surface area contributed by atoms with Gasteiger partial charge < -0.3 is 18.9 Å². The second kappa shape index (κ2) is 7.41. The van der Waals surface area contributed by atoms with Crippen LogP contribution in [0.25, 0.3) is 5.57 Å². The molecule has 4 heteroatoms. The summed E-state index contributed by atoms with van der Waals surface area (Å²) in [5.74, 6) is 2.75. The molecule has 0 saturated heterocycles. The van der Waals surface area contributed by atoms with Gasteiger partial charge in [-0.15, -0.1) is 0 Å². The smallest absolute Gasteiger partial charge is 0.168 e. The molecule has 0 radical (unpaired) electrons. The van der Waals surface area contributed by atoms with Gasteiger partial charge in [-0.25, -0.2) is 0 Å². The molecule has 0 aromatic heterocycles. The van der Waals surface area contributed by atoms with Crippen LogP contribution in [-0.2, 0) is 0 Å². The number of benzene rings is 2. The van der Waals surface area contributed by atoms with Gasteiger partial charge in [0.15, 0.2) is 23.0 Å². The van der Waals surface area contributed by atoms with Gasteiger partial charge in [0.05, 0.1) is 27.6 Å². The maximum atomic E-state index is 5.72. The highest BCUT2D eigenvalue weighted by Gasteiger charge is 2.06. The van der Waals surface area contributed by atoms with Crippen molar-refractivity contribution in [1.29, 1.82) is 0 Å². The Morgan fingerprint density at radius 3 is 2.00 bits per heavy atom. The summed E-state index contributed by atoms with van der Waals surface area (Å²) in [5, 5.41) is 0. The first kappa shape index (κ1) is 15.8. The van der Waals surface area contributed by atoms with Crippen LogP contribution in [0.3, 0.4) is 0 Å². The molecular formula is C18H20O4. The van der Waals surface area contributed by atoms with E-state index in [-0.39, 0.29) is 0 Å². The Balaban J connectivity index is 2.22. The lowest BCUT2D eigenvalue weighted by Crippen LogP contribution is -1.93.